The lowest BCUT2D eigenvalue weighted by Crippen LogP contribution is -2.53. The van der Waals surface area contributed by atoms with Crippen LogP contribution < -0.4 is 9.62 Å². The SMILES string of the molecule is CCNC(=O)[C@@H](Cc1ccccc1)N(Cc1ccc(Cl)cc1)C(=O)CN(c1cccc(C)c1)S(=O)(=O)c1ccc(C)cc1. The van der Waals surface area contributed by atoms with Crippen LogP contribution in [0.1, 0.15) is 29.2 Å². The molecule has 0 unspecified atom stereocenters. The van der Waals surface area contributed by atoms with Crippen LogP contribution in [0.2, 0.25) is 5.02 Å². The van der Waals surface area contributed by atoms with Gasteiger partial charge in [0, 0.05) is 24.5 Å². The van der Waals surface area contributed by atoms with Gasteiger partial charge in [-0.3, -0.25) is 13.9 Å². The Morgan fingerprint density at radius 2 is 1.49 bits per heavy atom. The molecule has 2 amide bonds. The second-order valence-electron chi connectivity index (χ2n) is 10.4. The van der Waals surface area contributed by atoms with E-state index in [0.717, 1.165) is 26.6 Å². The summed E-state index contributed by atoms with van der Waals surface area (Å²) in [7, 11) is -4.14. The Bertz CT molecular complexity index is 1640. The lowest BCUT2D eigenvalue weighted by molar-refractivity contribution is -0.140. The zero-order valence-corrected chi connectivity index (χ0v) is 26.1. The summed E-state index contributed by atoms with van der Waals surface area (Å²) < 4.78 is 29.3. The van der Waals surface area contributed by atoms with Gasteiger partial charge in [0.25, 0.3) is 10.0 Å². The second-order valence-corrected chi connectivity index (χ2v) is 12.7. The zero-order valence-electron chi connectivity index (χ0n) is 24.5. The van der Waals surface area contributed by atoms with E-state index >= 15 is 0 Å². The molecule has 0 radical (unpaired) electrons. The standard InChI is InChI=1S/C34H36ClN3O4S/c1-4-36-34(40)32(22-27-10-6-5-7-11-27)37(23-28-15-17-29(35)18-16-28)33(39)24-38(30-12-8-9-26(3)21-30)43(41,42)31-19-13-25(2)14-20-31/h5-21,32H,4,22-24H2,1-3H3,(H,36,40)/t32-/m1/s1. The molecule has 7 nitrogen and oxygen atoms in total. The van der Waals surface area contributed by atoms with Gasteiger partial charge in [-0.15, -0.1) is 0 Å². The van der Waals surface area contributed by atoms with E-state index in [1.54, 1.807) is 54.6 Å². The van der Waals surface area contributed by atoms with Gasteiger partial charge >= 0.3 is 0 Å². The maximum absolute atomic E-state index is 14.4. The molecule has 1 atom stereocenters. The zero-order chi connectivity index (χ0) is 31.0. The number of amides is 2. The molecule has 0 aliphatic heterocycles. The molecule has 0 bridgehead atoms. The maximum Gasteiger partial charge on any atom is 0.264 e. The van der Waals surface area contributed by atoms with Gasteiger partial charge in [0.1, 0.15) is 12.6 Å². The molecule has 4 aromatic rings. The van der Waals surface area contributed by atoms with Gasteiger partial charge in [0.15, 0.2) is 0 Å². The molecule has 4 rings (SSSR count). The summed E-state index contributed by atoms with van der Waals surface area (Å²) in [5, 5.41) is 3.41. The van der Waals surface area contributed by atoms with E-state index in [1.807, 2.05) is 57.2 Å². The minimum absolute atomic E-state index is 0.0706. The molecule has 9 heteroatoms. The molecule has 4 aromatic carbocycles. The fraction of sp³-hybridized carbons (Fsp3) is 0.235. The van der Waals surface area contributed by atoms with Crippen molar-refractivity contribution in [1.29, 1.82) is 0 Å². The maximum atomic E-state index is 14.4. The van der Waals surface area contributed by atoms with Crippen molar-refractivity contribution in [3.05, 3.63) is 130 Å². The van der Waals surface area contributed by atoms with Crippen molar-refractivity contribution in [2.45, 2.75) is 44.7 Å². The number of hydrogen-bond donors (Lipinski definition) is 1. The smallest absolute Gasteiger partial charge is 0.264 e. The summed E-state index contributed by atoms with van der Waals surface area (Å²) in [6.45, 7) is 5.51. The highest BCUT2D eigenvalue weighted by Gasteiger charge is 2.34. The molecule has 0 aliphatic carbocycles. The molecule has 43 heavy (non-hydrogen) atoms. The predicted molar refractivity (Wildman–Crippen MR) is 172 cm³/mol. The van der Waals surface area contributed by atoms with Crippen molar-refractivity contribution in [3.63, 3.8) is 0 Å². The molecule has 0 spiro atoms. The second kappa shape index (κ2) is 14.4. The number of nitrogens with zero attached hydrogens (tertiary/aromatic N) is 2. The first-order valence-electron chi connectivity index (χ1n) is 14.1. The van der Waals surface area contributed by atoms with E-state index in [0.29, 0.717) is 17.3 Å². The molecule has 0 saturated heterocycles. The van der Waals surface area contributed by atoms with Gasteiger partial charge in [0.2, 0.25) is 11.8 Å². The molecular formula is C34H36ClN3O4S. The fourth-order valence-corrected chi connectivity index (χ4v) is 6.31. The van der Waals surface area contributed by atoms with Crippen molar-refractivity contribution in [3.8, 4) is 0 Å². The first kappa shape index (κ1) is 31.8. The first-order chi connectivity index (χ1) is 20.6. The number of aryl methyl sites for hydroxylation is 2. The molecule has 0 fully saturated rings. The monoisotopic (exact) mass is 617 g/mol. The highest BCUT2D eigenvalue weighted by Crippen LogP contribution is 2.26. The average Bonchev–Trinajstić information content (AvgIpc) is 2.99. The number of anilines is 1. The third-order valence-electron chi connectivity index (χ3n) is 7.07. The Morgan fingerprint density at radius 1 is 0.814 bits per heavy atom. The number of sulfonamides is 1. The number of nitrogens with one attached hydrogen (secondary N) is 1. The highest BCUT2D eigenvalue weighted by atomic mass is 35.5. The number of halogens is 1. The van der Waals surface area contributed by atoms with Crippen molar-refractivity contribution in [2.75, 3.05) is 17.4 Å². The Kier molecular flexibility index (Phi) is 10.6. The van der Waals surface area contributed by atoms with Crippen LogP contribution in [0.3, 0.4) is 0 Å². The lowest BCUT2D eigenvalue weighted by atomic mass is 10.0. The molecular weight excluding hydrogens is 582 g/mol. The summed E-state index contributed by atoms with van der Waals surface area (Å²) in [6, 6.07) is 29.1. The number of likely N-dealkylation sites (N-methyl/N-ethyl adjacent to an activating group) is 1. The number of benzene rings is 4. The third kappa shape index (κ3) is 8.24. The molecule has 1 N–H and O–H groups in total. The van der Waals surface area contributed by atoms with Crippen molar-refractivity contribution >= 4 is 39.1 Å². The van der Waals surface area contributed by atoms with Crippen LogP contribution in [0.25, 0.3) is 0 Å². The van der Waals surface area contributed by atoms with Gasteiger partial charge in [-0.25, -0.2) is 8.42 Å². The Hall–Kier alpha value is -4.14. The molecule has 0 saturated carbocycles. The minimum Gasteiger partial charge on any atom is -0.355 e. The van der Waals surface area contributed by atoms with E-state index in [2.05, 4.69) is 5.32 Å². The van der Waals surface area contributed by atoms with E-state index < -0.39 is 28.5 Å². The van der Waals surface area contributed by atoms with Crippen molar-refractivity contribution in [2.24, 2.45) is 0 Å². The third-order valence-corrected chi connectivity index (χ3v) is 9.11. The van der Waals surface area contributed by atoms with Gasteiger partial charge in [-0.1, -0.05) is 83.9 Å². The van der Waals surface area contributed by atoms with Crippen molar-refractivity contribution < 1.29 is 18.0 Å². The van der Waals surface area contributed by atoms with Gasteiger partial charge in [-0.2, -0.15) is 0 Å². The molecule has 0 aromatic heterocycles. The first-order valence-corrected chi connectivity index (χ1v) is 15.9. The number of carbonyl (C=O) groups excluding carboxylic acids is 2. The largest absolute Gasteiger partial charge is 0.355 e. The van der Waals surface area contributed by atoms with E-state index in [-0.39, 0.29) is 23.8 Å². The Morgan fingerprint density at radius 3 is 2.12 bits per heavy atom. The van der Waals surface area contributed by atoms with E-state index in [9.17, 15) is 18.0 Å². The van der Waals surface area contributed by atoms with Crippen LogP contribution in [0, 0.1) is 13.8 Å². The van der Waals surface area contributed by atoms with Crippen LogP contribution in [-0.2, 0) is 32.6 Å². The van der Waals surface area contributed by atoms with Crippen LogP contribution in [0.15, 0.2) is 108 Å². The predicted octanol–water partition coefficient (Wildman–Crippen LogP) is 5.93. The molecule has 224 valence electrons. The summed E-state index contributed by atoms with van der Waals surface area (Å²) in [5.74, 6) is -0.837. The summed E-state index contributed by atoms with van der Waals surface area (Å²) >= 11 is 6.12. The van der Waals surface area contributed by atoms with Crippen LogP contribution >= 0.6 is 11.6 Å². The van der Waals surface area contributed by atoms with Gasteiger partial charge in [0.05, 0.1) is 10.6 Å². The summed E-state index contributed by atoms with van der Waals surface area (Å²) in [6.07, 6.45) is 0.251. The summed E-state index contributed by atoms with van der Waals surface area (Å²) in [4.78, 5) is 29.4. The fourth-order valence-electron chi connectivity index (χ4n) is 4.78. The topological polar surface area (TPSA) is 86.8 Å². The van der Waals surface area contributed by atoms with Crippen LogP contribution in [-0.4, -0.2) is 44.3 Å². The van der Waals surface area contributed by atoms with Crippen LogP contribution in [0.4, 0.5) is 5.69 Å². The Balaban J connectivity index is 1.79. The van der Waals surface area contributed by atoms with E-state index in [1.165, 1.54) is 17.0 Å². The molecule has 0 heterocycles. The number of hydrogen-bond acceptors (Lipinski definition) is 4. The van der Waals surface area contributed by atoms with Gasteiger partial charge < -0.3 is 10.2 Å². The normalized spacial score (nSPS) is 11.9. The van der Waals surface area contributed by atoms with Gasteiger partial charge in [-0.05, 0) is 73.9 Å². The van der Waals surface area contributed by atoms with Crippen LogP contribution in [0.5, 0.6) is 0 Å². The Labute approximate surface area is 259 Å². The highest BCUT2D eigenvalue weighted by molar-refractivity contribution is 7.92. The quantitative estimate of drug-likeness (QED) is 0.214. The average molecular weight is 618 g/mol. The number of carbonyl (C=O) groups is 2. The minimum atomic E-state index is -4.14. The van der Waals surface area contributed by atoms with E-state index in [4.69, 9.17) is 11.6 Å². The lowest BCUT2D eigenvalue weighted by Gasteiger charge is -2.34. The van der Waals surface area contributed by atoms with Crippen molar-refractivity contribution in [1.82, 2.24) is 10.2 Å². The molecule has 0 aliphatic rings. The summed E-state index contributed by atoms with van der Waals surface area (Å²) in [5.41, 5.74) is 3.74. The number of rotatable bonds is 12.